The molecule has 0 saturated heterocycles. The summed E-state index contributed by atoms with van der Waals surface area (Å²) in [5.74, 6) is -0.685. The molecule has 0 heterocycles. The van der Waals surface area contributed by atoms with Crippen molar-refractivity contribution in [3.63, 3.8) is 0 Å². The van der Waals surface area contributed by atoms with Crippen LogP contribution < -0.4 is 20.9 Å². The zero-order valence-electron chi connectivity index (χ0n) is 9.44. The molecule has 1 rings (SSSR count). The Morgan fingerprint density at radius 3 is 2.61 bits per heavy atom. The number of nitrogens with one attached hydrogen (secondary N) is 1. The Labute approximate surface area is 113 Å². The number of rotatable bonds is 5. The van der Waals surface area contributed by atoms with Gasteiger partial charge in [0.2, 0.25) is 15.9 Å². The van der Waals surface area contributed by atoms with Gasteiger partial charge < -0.3 is 16.2 Å². The highest BCUT2D eigenvalue weighted by molar-refractivity contribution is 9.10. The molecule has 1 aromatic carbocycles. The highest BCUT2D eigenvalue weighted by Crippen LogP contribution is 2.32. The van der Waals surface area contributed by atoms with Gasteiger partial charge in [-0.1, -0.05) is 0 Å². The normalized spacial score (nSPS) is 11.2. The molecule has 0 spiro atoms. The summed E-state index contributed by atoms with van der Waals surface area (Å²) in [6.45, 7) is -0.499. The predicted molar refractivity (Wildman–Crippen MR) is 69.5 cm³/mol. The van der Waals surface area contributed by atoms with E-state index in [9.17, 15) is 13.2 Å². The molecule has 0 aliphatic rings. The van der Waals surface area contributed by atoms with E-state index in [1.54, 1.807) is 0 Å². The van der Waals surface area contributed by atoms with E-state index in [0.717, 1.165) is 0 Å². The summed E-state index contributed by atoms with van der Waals surface area (Å²) in [7, 11) is -2.59. The second-order valence-electron chi connectivity index (χ2n) is 3.32. The van der Waals surface area contributed by atoms with Gasteiger partial charge in [-0.3, -0.25) is 4.79 Å². The van der Waals surface area contributed by atoms with Crippen molar-refractivity contribution >= 4 is 37.5 Å². The topological polar surface area (TPSA) is 125 Å². The van der Waals surface area contributed by atoms with Crippen LogP contribution in [0.1, 0.15) is 0 Å². The van der Waals surface area contributed by atoms with Crippen LogP contribution in [0.4, 0.5) is 5.69 Å². The first kappa shape index (κ1) is 14.7. The lowest BCUT2D eigenvalue weighted by Gasteiger charge is -2.11. The maximum Gasteiger partial charge on any atom is 0.244 e. The highest BCUT2D eigenvalue weighted by atomic mass is 79.9. The van der Waals surface area contributed by atoms with Crippen LogP contribution in [0.25, 0.3) is 0 Å². The number of halogens is 1. The van der Waals surface area contributed by atoms with Crippen LogP contribution in [-0.2, 0) is 14.8 Å². The molecule has 0 fully saturated rings. The number of amides is 1. The summed E-state index contributed by atoms with van der Waals surface area (Å²) in [4.78, 5) is 10.4. The summed E-state index contributed by atoms with van der Waals surface area (Å²) < 4.78 is 31.3. The van der Waals surface area contributed by atoms with Crippen LogP contribution in [0.5, 0.6) is 5.75 Å². The van der Waals surface area contributed by atoms with Gasteiger partial charge in [0, 0.05) is 10.2 Å². The van der Waals surface area contributed by atoms with Crippen molar-refractivity contribution in [2.24, 2.45) is 5.73 Å². The third-order valence-corrected chi connectivity index (χ3v) is 4.12. The zero-order chi connectivity index (χ0) is 13.9. The number of primary amides is 1. The number of methoxy groups -OCH3 is 1. The molecule has 0 aliphatic carbocycles. The number of carbonyl (C=O) groups is 1. The molecule has 100 valence electrons. The molecule has 0 bridgehead atoms. The number of nitrogens with two attached hydrogens (primary N) is 2. The van der Waals surface area contributed by atoms with E-state index in [2.05, 4.69) is 15.9 Å². The van der Waals surface area contributed by atoms with Gasteiger partial charge in [-0.05, 0) is 28.1 Å². The second-order valence-corrected chi connectivity index (χ2v) is 5.91. The first-order valence-electron chi connectivity index (χ1n) is 4.69. The third-order valence-electron chi connectivity index (χ3n) is 2.01. The molecule has 0 saturated carbocycles. The molecule has 1 aromatic rings. The summed E-state index contributed by atoms with van der Waals surface area (Å²) in [5, 5.41) is 0. The van der Waals surface area contributed by atoms with Gasteiger partial charge in [0.05, 0.1) is 13.7 Å². The Morgan fingerprint density at radius 2 is 2.11 bits per heavy atom. The zero-order valence-corrected chi connectivity index (χ0v) is 11.8. The van der Waals surface area contributed by atoms with Crippen molar-refractivity contribution in [3.8, 4) is 5.75 Å². The molecule has 0 unspecified atom stereocenters. The Morgan fingerprint density at radius 1 is 1.50 bits per heavy atom. The van der Waals surface area contributed by atoms with Crippen LogP contribution in [0, 0.1) is 0 Å². The Hall–Kier alpha value is -1.32. The molecule has 9 heteroatoms. The van der Waals surface area contributed by atoms with E-state index in [4.69, 9.17) is 16.2 Å². The summed E-state index contributed by atoms with van der Waals surface area (Å²) in [6.07, 6.45) is 0. The van der Waals surface area contributed by atoms with E-state index < -0.39 is 22.5 Å². The standard InChI is InChI=1S/C9H12BrN3O4S/c1-17-7-2-5(10)6(11)3-8(7)18(15,16)13-4-9(12)14/h2-3,13H,4,11H2,1H3,(H2,12,14). The third kappa shape index (κ3) is 3.34. The lowest BCUT2D eigenvalue weighted by molar-refractivity contribution is -0.116. The quantitative estimate of drug-likeness (QED) is 0.642. The van der Waals surface area contributed by atoms with Crippen molar-refractivity contribution in [1.29, 1.82) is 0 Å². The minimum atomic E-state index is -3.91. The van der Waals surface area contributed by atoms with Crippen molar-refractivity contribution in [3.05, 3.63) is 16.6 Å². The van der Waals surface area contributed by atoms with Gasteiger partial charge in [-0.15, -0.1) is 0 Å². The molecule has 1 amide bonds. The Bertz CT molecular complexity index is 573. The number of hydrogen-bond donors (Lipinski definition) is 3. The second kappa shape index (κ2) is 5.55. The average Bonchev–Trinajstić information content (AvgIpc) is 2.29. The van der Waals surface area contributed by atoms with Crippen LogP contribution in [0.3, 0.4) is 0 Å². The van der Waals surface area contributed by atoms with Gasteiger partial charge >= 0.3 is 0 Å². The fourth-order valence-corrected chi connectivity index (χ4v) is 2.66. The first-order valence-corrected chi connectivity index (χ1v) is 6.96. The fraction of sp³-hybridized carbons (Fsp3) is 0.222. The number of sulfonamides is 1. The van der Waals surface area contributed by atoms with Crippen molar-refractivity contribution < 1.29 is 17.9 Å². The molecule has 7 nitrogen and oxygen atoms in total. The number of ether oxygens (including phenoxy) is 1. The number of hydrogen-bond acceptors (Lipinski definition) is 5. The number of carbonyl (C=O) groups excluding carboxylic acids is 1. The summed E-state index contributed by atoms with van der Waals surface area (Å²) in [5.41, 5.74) is 10.7. The summed E-state index contributed by atoms with van der Waals surface area (Å²) in [6, 6.07) is 2.65. The highest BCUT2D eigenvalue weighted by Gasteiger charge is 2.21. The van der Waals surface area contributed by atoms with E-state index in [1.807, 2.05) is 4.72 Å². The predicted octanol–water partition coefficient (Wildman–Crippen LogP) is -0.196. The number of benzene rings is 1. The van der Waals surface area contributed by atoms with Gasteiger partial charge in [0.25, 0.3) is 0 Å². The fourth-order valence-electron chi connectivity index (χ4n) is 1.16. The van der Waals surface area contributed by atoms with E-state index in [-0.39, 0.29) is 16.3 Å². The van der Waals surface area contributed by atoms with Gasteiger partial charge in [0.1, 0.15) is 10.6 Å². The smallest absolute Gasteiger partial charge is 0.244 e. The Kier molecular flexibility index (Phi) is 4.54. The molecule has 0 atom stereocenters. The van der Waals surface area contributed by atoms with Crippen LogP contribution >= 0.6 is 15.9 Å². The van der Waals surface area contributed by atoms with Crippen molar-refractivity contribution in [2.45, 2.75) is 4.90 Å². The molecular weight excluding hydrogens is 326 g/mol. The molecular formula is C9H12BrN3O4S. The number of nitrogen functional groups attached to an aromatic ring is 1. The molecule has 0 aromatic heterocycles. The SMILES string of the molecule is COc1cc(Br)c(N)cc1S(=O)(=O)NCC(N)=O. The van der Waals surface area contributed by atoms with Crippen LogP contribution in [0.15, 0.2) is 21.5 Å². The largest absolute Gasteiger partial charge is 0.495 e. The first-order chi connectivity index (χ1) is 8.27. The average molecular weight is 338 g/mol. The molecule has 0 radical (unpaired) electrons. The number of anilines is 1. The van der Waals surface area contributed by atoms with Gasteiger partial charge in [-0.2, -0.15) is 0 Å². The van der Waals surface area contributed by atoms with Crippen LogP contribution in [0.2, 0.25) is 0 Å². The minimum absolute atomic E-state index is 0.105. The van der Waals surface area contributed by atoms with Crippen molar-refractivity contribution in [1.82, 2.24) is 4.72 Å². The minimum Gasteiger partial charge on any atom is -0.495 e. The molecule has 18 heavy (non-hydrogen) atoms. The van der Waals surface area contributed by atoms with E-state index in [0.29, 0.717) is 4.47 Å². The van der Waals surface area contributed by atoms with Crippen LogP contribution in [-0.4, -0.2) is 28.0 Å². The molecule has 5 N–H and O–H groups in total. The van der Waals surface area contributed by atoms with Gasteiger partial charge in [0.15, 0.2) is 0 Å². The maximum atomic E-state index is 11.9. The lowest BCUT2D eigenvalue weighted by Crippen LogP contribution is -2.33. The van der Waals surface area contributed by atoms with E-state index >= 15 is 0 Å². The summed E-state index contributed by atoms with van der Waals surface area (Å²) >= 11 is 3.16. The maximum absolute atomic E-state index is 11.9. The monoisotopic (exact) mass is 337 g/mol. The van der Waals surface area contributed by atoms with E-state index in [1.165, 1.54) is 19.2 Å². The molecule has 0 aliphatic heterocycles. The van der Waals surface area contributed by atoms with Gasteiger partial charge in [-0.25, -0.2) is 13.1 Å². The Balaban J connectivity index is 3.23. The van der Waals surface area contributed by atoms with Crippen molar-refractivity contribution in [2.75, 3.05) is 19.4 Å². The lowest BCUT2D eigenvalue weighted by atomic mass is 10.3.